The first-order valence-corrected chi connectivity index (χ1v) is 7.20. The van der Waals surface area contributed by atoms with Crippen molar-refractivity contribution in [1.82, 2.24) is 14.7 Å². The second-order valence-electron chi connectivity index (χ2n) is 5.08. The van der Waals surface area contributed by atoms with E-state index in [0.29, 0.717) is 11.1 Å². The number of rotatable bonds is 4. The fourth-order valence-electron chi connectivity index (χ4n) is 2.80. The van der Waals surface area contributed by atoms with Crippen LogP contribution >= 0.6 is 11.6 Å². The van der Waals surface area contributed by atoms with Crippen LogP contribution < -0.4 is 4.74 Å². The number of benzene rings is 1. The van der Waals surface area contributed by atoms with Crippen LogP contribution in [-0.4, -0.2) is 28.3 Å². The minimum absolute atomic E-state index is 0.448. The van der Waals surface area contributed by atoms with Crippen LogP contribution in [0.15, 0.2) is 36.7 Å². The Morgan fingerprint density at radius 1 is 1.35 bits per heavy atom. The molecular formula is C15H18ClN3O. The molecule has 1 aromatic heterocycles. The van der Waals surface area contributed by atoms with E-state index in [0.717, 1.165) is 19.0 Å². The van der Waals surface area contributed by atoms with E-state index in [-0.39, 0.29) is 0 Å². The fourth-order valence-corrected chi connectivity index (χ4v) is 2.96. The average molecular weight is 292 g/mol. The summed E-state index contributed by atoms with van der Waals surface area (Å²) < 4.78 is 7.11. The third-order valence-corrected chi connectivity index (χ3v) is 3.99. The van der Waals surface area contributed by atoms with Crippen molar-refractivity contribution in [2.75, 3.05) is 13.7 Å². The maximum atomic E-state index is 5.92. The van der Waals surface area contributed by atoms with Crippen molar-refractivity contribution >= 4 is 11.6 Å². The number of hydrogen-bond donors (Lipinski definition) is 0. The van der Waals surface area contributed by atoms with E-state index in [1.807, 2.05) is 23.0 Å². The summed E-state index contributed by atoms with van der Waals surface area (Å²) in [6.07, 6.45) is 5.94. The van der Waals surface area contributed by atoms with Gasteiger partial charge < -0.3 is 4.74 Å². The largest absolute Gasteiger partial charge is 0.497 e. The Morgan fingerprint density at radius 2 is 2.15 bits per heavy atom. The molecule has 2 heterocycles. The Morgan fingerprint density at radius 3 is 2.80 bits per heavy atom. The highest BCUT2D eigenvalue weighted by atomic mass is 35.5. The molecule has 20 heavy (non-hydrogen) atoms. The lowest BCUT2D eigenvalue weighted by atomic mass is 10.0. The van der Waals surface area contributed by atoms with E-state index in [4.69, 9.17) is 16.3 Å². The number of hydrogen-bond acceptors (Lipinski definition) is 3. The summed E-state index contributed by atoms with van der Waals surface area (Å²) in [6, 6.07) is 8.80. The van der Waals surface area contributed by atoms with E-state index in [1.54, 1.807) is 13.3 Å². The lowest BCUT2D eigenvalue weighted by Crippen LogP contribution is -2.26. The van der Waals surface area contributed by atoms with Gasteiger partial charge in [0.2, 0.25) is 0 Å². The molecule has 0 N–H and O–H groups in total. The van der Waals surface area contributed by atoms with Gasteiger partial charge in [-0.2, -0.15) is 5.10 Å². The first kappa shape index (κ1) is 13.5. The molecule has 0 amide bonds. The molecule has 0 radical (unpaired) electrons. The molecule has 0 bridgehead atoms. The first-order chi connectivity index (χ1) is 9.76. The smallest absolute Gasteiger partial charge is 0.118 e. The number of nitrogens with zero attached hydrogens (tertiary/aromatic N) is 3. The van der Waals surface area contributed by atoms with Crippen LogP contribution in [0.25, 0.3) is 0 Å². The molecule has 3 rings (SSSR count). The summed E-state index contributed by atoms with van der Waals surface area (Å²) in [7, 11) is 1.69. The monoisotopic (exact) mass is 291 g/mol. The van der Waals surface area contributed by atoms with Gasteiger partial charge in [0.25, 0.3) is 0 Å². The predicted molar refractivity (Wildman–Crippen MR) is 78.9 cm³/mol. The van der Waals surface area contributed by atoms with Crippen LogP contribution in [0.2, 0.25) is 5.02 Å². The molecule has 0 saturated carbocycles. The second kappa shape index (κ2) is 5.85. The molecule has 1 saturated heterocycles. The summed E-state index contributed by atoms with van der Waals surface area (Å²) >= 11 is 5.92. The van der Waals surface area contributed by atoms with Gasteiger partial charge in [-0.25, -0.2) is 0 Å². The molecule has 0 spiro atoms. The highest BCUT2D eigenvalue weighted by Crippen LogP contribution is 2.33. The molecule has 1 aromatic carbocycles. The maximum absolute atomic E-state index is 5.92. The lowest BCUT2D eigenvalue weighted by molar-refractivity contribution is 0.191. The van der Waals surface area contributed by atoms with Gasteiger partial charge >= 0.3 is 0 Å². The number of ether oxygens (including phenoxy) is 1. The molecule has 1 aliphatic rings. The molecule has 1 unspecified atom stereocenters. The van der Waals surface area contributed by atoms with Gasteiger partial charge in [0.15, 0.2) is 0 Å². The van der Waals surface area contributed by atoms with Crippen LogP contribution in [0.1, 0.15) is 24.4 Å². The fraction of sp³-hybridized carbons (Fsp3) is 0.400. The van der Waals surface area contributed by atoms with Crippen LogP contribution in [0, 0.1) is 0 Å². The normalized spacial score (nSPS) is 19.4. The molecule has 0 aliphatic carbocycles. The lowest BCUT2D eigenvalue weighted by Gasteiger charge is -2.24. The van der Waals surface area contributed by atoms with Crippen LogP contribution in [0.3, 0.4) is 0 Å². The van der Waals surface area contributed by atoms with Gasteiger partial charge in [-0.15, -0.1) is 0 Å². The van der Waals surface area contributed by atoms with Gasteiger partial charge in [-0.3, -0.25) is 9.58 Å². The first-order valence-electron chi connectivity index (χ1n) is 6.82. The van der Waals surface area contributed by atoms with E-state index >= 15 is 0 Å². The Kier molecular flexibility index (Phi) is 3.94. The highest BCUT2D eigenvalue weighted by Gasteiger charge is 2.26. The van der Waals surface area contributed by atoms with Gasteiger partial charge in [-0.05, 0) is 30.5 Å². The van der Waals surface area contributed by atoms with Crippen LogP contribution in [0.5, 0.6) is 5.75 Å². The standard InChI is InChI=1S/C15H18ClN3O/c1-20-14-6-4-12(5-7-14)15-3-2-8-18(15)11-19-10-13(16)9-17-19/h4-7,9-10,15H,2-3,8,11H2,1H3. The SMILES string of the molecule is COc1ccc(C2CCCN2Cn2cc(Cl)cn2)cc1. The molecule has 106 valence electrons. The van der Waals surface area contributed by atoms with Crippen molar-refractivity contribution in [1.29, 1.82) is 0 Å². The van der Waals surface area contributed by atoms with Crippen molar-refractivity contribution in [2.24, 2.45) is 0 Å². The van der Waals surface area contributed by atoms with E-state index in [1.165, 1.54) is 18.4 Å². The van der Waals surface area contributed by atoms with Gasteiger partial charge in [0, 0.05) is 18.8 Å². The zero-order chi connectivity index (χ0) is 13.9. The molecule has 4 nitrogen and oxygen atoms in total. The van der Waals surface area contributed by atoms with Crippen molar-refractivity contribution in [2.45, 2.75) is 25.6 Å². The topological polar surface area (TPSA) is 30.3 Å². The Balaban J connectivity index is 1.74. The van der Waals surface area contributed by atoms with E-state index in [2.05, 4.69) is 22.1 Å². The molecule has 1 fully saturated rings. The third-order valence-electron chi connectivity index (χ3n) is 3.79. The van der Waals surface area contributed by atoms with E-state index < -0.39 is 0 Å². The van der Waals surface area contributed by atoms with Crippen molar-refractivity contribution in [3.05, 3.63) is 47.2 Å². The molecular weight excluding hydrogens is 274 g/mol. The summed E-state index contributed by atoms with van der Waals surface area (Å²) in [5.74, 6) is 0.900. The van der Waals surface area contributed by atoms with Crippen molar-refractivity contribution in [3.8, 4) is 5.75 Å². The zero-order valence-corrected chi connectivity index (χ0v) is 12.3. The van der Waals surface area contributed by atoms with Gasteiger partial charge in [-0.1, -0.05) is 23.7 Å². The molecule has 5 heteroatoms. The minimum atomic E-state index is 0.448. The van der Waals surface area contributed by atoms with Crippen LogP contribution in [0.4, 0.5) is 0 Å². The number of methoxy groups -OCH3 is 1. The molecule has 1 atom stereocenters. The van der Waals surface area contributed by atoms with Gasteiger partial charge in [0.1, 0.15) is 5.75 Å². The predicted octanol–water partition coefficient (Wildman–Crippen LogP) is 3.34. The zero-order valence-electron chi connectivity index (χ0n) is 11.5. The van der Waals surface area contributed by atoms with Gasteiger partial charge in [0.05, 0.1) is 25.0 Å². The highest BCUT2D eigenvalue weighted by molar-refractivity contribution is 6.30. The average Bonchev–Trinajstić information content (AvgIpc) is 3.09. The Labute approximate surface area is 123 Å². The van der Waals surface area contributed by atoms with E-state index in [9.17, 15) is 0 Å². The second-order valence-corrected chi connectivity index (χ2v) is 5.52. The summed E-state index contributed by atoms with van der Waals surface area (Å²) in [5.41, 5.74) is 1.33. The molecule has 1 aliphatic heterocycles. The number of likely N-dealkylation sites (tertiary alicyclic amines) is 1. The Bertz CT molecular complexity index is 567. The Hall–Kier alpha value is -1.52. The minimum Gasteiger partial charge on any atom is -0.497 e. The summed E-state index contributed by atoms with van der Waals surface area (Å²) in [4.78, 5) is 2.44. The van der Waals surface area contributed by atoms with Crippen molar-refractivity contribution in [3.63, 3.8) is 0 Å². The number of aromatic nitrogens is 2. The quantitative estimate of drug-likeness (QED) is 0.865. The summed E-state index contributed by atoms with van der Waals surface area (Å²) in [6.45, 7) is 1.87. The maximum Gasteiger partial charge on any atom is 0.118 e. The molecule has 2 aromatic rings. The summed E-state index contributed by atoms with van der Waals surface area (Å²) in [5, 5.41) is 4.94. The van der Waals surface area contributed by atoms with Crippen molar-refractivity contribution < 1.29 is 4.74 Å². The van der Waals surface area contributed by atoms with Crippen LogP contribution in [-0.2, 0) is 6.67 Å². The number of halogens is 1. The third kappa shape index (κ3) is 2.81.